The third-order valence-electron chi connectivity index (χ3n) is 3.71. The highest BCUT2D eigenvalue weighted by Crippen LogP contribution is 2.38. The number of hydrogen-bond acceptors (Lipinski definition) is 2. The van der Waals surface area contributed by atoms with Gasteiger partial charge >= 0.3 is 6.18 Å². The van der Waals surface area contributed by atoms with Gasteiger partial charge in [-0.2, -0.15) is 13.2 Å². The van der Waals surface area contributed by atoms with Crippen LogP contribution in [-0.4, -0.2) is 16.2 Å². The lowest BCUT2D eigenvalue weighted by Gasteiger charge is -2.06. The minimum absolute atomic E-state index is 0.197. The Labute approximate surface area is 165 Å². The second kappa shape index (κ2) is 7.21. The zero-order valence-electron chi connectivity index (χ0n) is 13.3. The Kier molecular flexibility index (Phi) is 5.33. The summed E-state index contributed by atoms with van der Waals surface area (Å²) in [6.45, 7) is 1.90. The lowest BCUT2D eigenvalue weighted by atomic mass is 10.1. The Hall–Kier alpha value is -1.57. The number of nitrogens with one attached hydrogen (secondary N) is 1. The van der Waals surface area contributed by atoms with Gasteiger partial charge in [0.1, 0.15) is 5.69 Å². The van der Waals surface area contributed by atoms with E-state index < -0.39 is 12.0 Å². The van der Waals surface area contributed by atoms with Crippen LogP contribution < -0.4 is 0 Å². The molecule has 3 rings (SSSR count). The molecule has 0 unspecified atom stereocenters. The van der Waals surface area contributed by atoms with Crippen LogP contribution in [0.3, 0.4) is 0 Å². The van der Waals surface area contributed by atoms with Crippen LogP contribution in [0.1, 0.15) is 23.9 Å². The highest BCUT2D eigenvalue weighted by molar-refractivity contribution is 9.10. The third kappa shape index (κ3) is 3.75. The van der Waals surface area contributed by atoms with Crippen LogP contribution in [0.5, 0.6) is 0 Å². The van der Waals surface area contributed by atoms with E-state index in [-0.39, 0.29) is 11.0 Å². The molecule has 0 saturated heterocycles. The van der Waals surface area contributed by atoms with E-state index in [0.717, 1.165) is 5.56 Å². The number of aliphatic imine (C=N–C) groups is 1. The van der Waals surface area contributed by atoms with Gasteiger partial charge in [-0.3, -0.25) is 4.99 Å². The van der Waals surface area contributed by atoms with Crippen LogP contribution in [0.15, 0.2) is 33.7 Å². The van der Waals surface area contributed by atoms with Crippen LogP contribution >= 0.6 is 39.1 Å². The van der Waals surface area contributed by atoms with E-state index in [1.807, 2.05) is 6.92 Å². The third-order valence-corrected chi connectivity index (χ3v) is 5.16. The molecule has 0 radical (unpaired) electrons. The number of halogens is 6. The van der Waals surface area contributed by atoms with Gasteiger partial charge < -0.3 is 4.98 Å². The molecule has 1 N–H and O–H groups in total. The summed E-state index contributed by atoms with van der Waals surface area (Å²) in [5.74, 6) is -1.06. The zero-order valence-corrected chi connectivity index (χ0v) is 16.4. The fraction of sp³-hybridized carbons (Fsp3) is 0.176. The average Bonchev–Trinajstić information content (AvgIpc) is 2.99. The molecule has 0 bridgehead atoms. The molecular formula is C17H11BrCl2F3N3. The summed E-state index contributed by atoms with van der Waals surface area (Å²) < 4.78 is 39.6. The van der Waals surface area contributed by atoms with Crippen molar-refractivity contribution in [3.8, 4) is 0 Å². The number of rotatable bonds is 3. The first-order chi connectivity index (χ1) is 12.2. The number of alkyl halides is 3. The van der Waals surface area contributed by atoms with E-state index in [9.17, 15) is 13.2 Å². The predicted octanol–water partition coefficient (Wildman–Crippen LogP) is 6.96. The summed E-state index contributed by atoms with van der Waals surface area (Å²) in [5.41, 5.74) is 2.11. The smallest absolute Gasteiger partial charge is 0.333 e. The molecule has 0 aliphatic heterocycles. The minimum Gasteiger partial charge on any atom is -0.333 e. The molecule has 0 aliphatic carbocycles. The number of aromatic nitrogens is 2. The molecule has 9 heteroatoms. The molecule has 0 atom stereocenters. The van der Waals surface area contributed by atoms with E-state index in [4.69, 9.17) is 23.2 Å². The standard InChI is InChI=1S/C17H11BrCl2F3N3/c1-2-8-5-12-14(26-16(25-12)17(21,22)23)15(13(8)18)24-7-9-3-4-10(19)6-11(9)20/h3-7H,2H2,1H3,(H,25,26). The first-order valence-electron chi connectivity index (χ1n) is 7.48. The summed E-state index contributed by atoms with van der Waals surface area (Å²) in [5, 5.41) is 0.868. The number of imidazole rings is 1. The minimum atomic E-state index is -4.57. The molecule has 0 fully saturated rings. The van der Waals surface area contributed by atoms with Crippen molar-refractivity contribution in [3.05, 3.63) is 55.7 Å². The largest absolute Gasteiger partial charge is 0.449 e. The van der Waals surface area contributed by atoms with E-state index in [1.165, 1.54) is 6.21 Å². The monoisotopic (exact) mass is 463 g/mol. The van der Waals surface area contributed by atoms with Crippen LogP contribution in [0.4, 0.5) is 18.9 Å². The molecule has 0 aliphatic rings. The van der Waals surface area contributed by atoms with Crippen molar-refractivity contribution in [1.82, 2.24) is 9.97 Å². The molecule has 1 aromatic heterocycles. The maximum atomic E-state index is 13.0. The Morgan fingerprint density at radius 3 is 2.62 bits per heavy atom. The molecule has 3 aromatic rings. The van der Waals surface area contributed by atoms with Gasteiger partial charge in [0.05, 0.1) is 16.1 Å². The van der Waals surface area contributed by atoms with Gasteiger partial charge in [0.25, 0.3) is 0 Å². The Morgan fingerprint density at radius 1 is 1.27 bits per heavy atom. The van der Waals surface area contributed by atoms with Crippen LogP contribution in [-0.2, 0) is 12.6 Å². The van der Waals surface area contributed by atoms with Gasteiger partial charge in [-0.15, -0.1) is 0 Å². The van der Waals surface area contributed by atoms with Crippen molar-refractivity contribution in [1.29, 1.82) is 0 Å². The van der Waals surface area contributed by atoms with Crippen molar-refractivity contribution in [2.24, 2.45) is 4.99 Å². The highest BCUT2D eigenvalue weighted by atomic mass is 79.9. The van der Waals surface area contributed by atoms with Crippen molar-refractivity contribution in [2.45, 2.75) is 19.5 Å². The second-order valence-corrected chi connectivity index (χ2v) is 7.09. The highest BCUT2D eigenvalue weighted by Gasteiger charge is 2.35. The Morgan fingerprint density at radius 2 is 2.00 bits per heavy atom. The summed E-state index contributed by atoms with van der Waals surface area (Å²) in [6.07, 6.45) is -2.49. The average molecular weight is 465 g/mol. The second-order valence-electron chi connectivity index (χ2n) is 5.45. The lowest BCUT2D eigenvalue weighted by Crippen LogP contribution is -2.06. The van der Waals surface area contributed by atoms with Gasteiger partial charge in [-0.1, -0.05) is 36.2 Å². The van der Waals surface area contributed by atoms with E-state index >= 15 is 0 Å². The fourth-order valence-corrected chi connectivity index (χ4v) is 3.57. The van der Waals surface area contributed by atoms with Crippen molar-refractivity contribution < 1.29 is 13.2 Å². The Balaban J connectivity index is 2.18. The van der Waals surface area contributed by atoms with Crippen LogP contribution in [0, 0.1) is 0 Å². The zero-order chi connectivity index (χ0) is 19.1. The van der Waals surface area contributed by atoms with Gasteiger partial charge in [0.15, 0.2) is 0 Å². The quantitative estimate of drug-likeness (QED) is 0.418. The maximum Gasteiger partial charge on any atom is 0.449 e. The molecule has 26 heavy (non-hydrogen) atoms. The van der Waals surface area contributed by atoms with E-state index in [0.29, 0.717) is 32.2 Å². The van der Waals surface area contributed by atoms with E-state index in [2.05, 4.69) is 30.9 Å². The molecule has 136 valence electrons. The summed E-state index contributed by atoms with van der Waals surface area (Å²) >= 11 is 15.4. The van der Waals surface area contributed by atoms with Crippen molar-refractivity contribution in [2.75, 3.05) is 0 Å². The van der Waals surface area contributed by atoms with Gasteiger partial charge in [0, 0.05) is 21.3 Å². The maximum absolute atomic E-state index is 13.0. The van der Waals surface area contributed by atoms with Gasteiger partial charge in [-0.05, 0) is 46.1 Å². The van der Waals surface area contributed by atoms with Gasteiger partial charge in [0.2, 0.25) is 5.82 Å². The van der Waals surface area contributed by atoms with E-state index in [1.54, 1.807) is 24.3 Å². The number of fused-ring (bicyclic) bond motifs is 1. The number of benzene rings is 2. The number of aryl methyl sites for hydroxylation is 1. The molecule has 3 nitrogen and oxygen atoms in total. The first-order valence-corrected chi connectivity index (χ1v) is 9.03. The number of H-pyrrole nitrogens is 1. The molecule has 0 saturated carbocycles. The normalized spacial score (nSPS) is 12.4. The lowest BCUT2D eigenvalue weighted by molar-refractivity contribution is -0.144. The summed E-state index contributed by atoms with van der Waals surface area (Å²) in [7, 11) is 0. The molecular weight excluding hydrogens is 454 g/mol. The first kappa shape index (κ1) is 19.2. The van der Waals surface area contributed by atoms with Crippen LogP contribution in [0.25, 0.3) is 11.0 Å². The Bertz CT molecular complexity index is 1010. The molecule has 0 amide bonds. The SMILES string of the molecule is CCc1cc2nc(C(F)(F)F)[nH]c2c(N=Cc2ccc(Cl)cc2Cl)c1Br. The topological polar surface area (TPSA) is 41.0 Å². The van der Waals surface area contributed by atoms with Crippen molar-refractivity contribution in [3.63, 3.8) is 0 Å². The van der Waals surface area contributed by atoms with Gasteiger partial charge in [-0.25, -0.2) is 4.98 Å². The molecule has 2 aromatic carbocycles. The number of aromatic amines is 1. The van der Waals surface area contributed by atoms with Crippen LogP contribution in [0.2, 0.25) is 10.0 Å². The number of hydrogen-bond donors (Lipinski definition) is 1. The summed E-state index contributed by atoms with van der Waals surface area (Å²) in [4.78, 5) is 10.3. The molecule has 1 heterocycles. The predicted molar refractivity (Wildman–Crippen MR) is 102 cm³/mol. The number of nitrogens with zero attached hydrogens (tertiary/aromatic N) is 2. The fourth-order valence-electron chi connectivity index (χ4n) is 2.41. The summed E-state index contributed by atoms with van der Waals surface area (Å²) in [6, 6.07) is 6.51. The van der Waals surface area contributed by atoms with Crippen molar-refractivity contribution >= 4 is 62.1 Å². The molecule has 0 spiro atoms.